The Labute approximate surface area is 136 Å². The molecule has 0 N–H and O–H groups in total. The number of fused-ring (bicyclic) bond motifs is 6. The van der Waals surface area contributed by atoms with Gasteiger partial charge >= 0.3 is 0 Å². The standard InChI is InChI=1S/C17H14N3.Ir/c1-19(2)15-9-5-8-13-12-6-3-4-7-14(12)17-18-10-11-20(17)16(13)15;/h3-6,8-11H,1-2H3;/q-1;. The fourth-order valence-electron chi connectivity index (χ4n) is 2.88. The first kappa shape index (κ1) is 14.1. The fourth-order valence-corrected chi connectivity index (χ4v) is 2.88. The first-order valence-electron chi connectivity index (χ1n) is 6.63. The summed E-state index contributed by atoms with van der Waals surface area (Å²) >= 11 is 0. The van der Waals surface area contributed by atoms with Gasteiger partial charge in [0.25, 0.3) is 0 Å². The first-order chi connectivity index (χ1) is 9.77. The van der Waals surface area contributed by atoms with Gasteiger partial charge in [0.2, 0.25) is 0 Å². The summed E-state index contributed by atoms with van der Waals surface area (Å²) in [5.41, 5.74) is 3.34. The third kappa shape index (κ3) is 1.95. The molecule has 107 valence electrons. The van der Waals surface area contributed by atoms with E-state index in [9.17, 15) is 0 Å². The Morgan fingerprint density at radius 1 is 1.10 bits per heavy atom. The van der Waals surface area contributed by atoms with Crippen molar-refractivity contribution in [3.63, 3.8) is 0 Å². The Morgan fingerprint density at radius 3 is 2.71 bits per heavy atom. The molecule has 2 heterocycles. The molecule has 0 bridgehead atoms. The number of aromatic nitrogens is 2. The molecule has 0 aliphatic rings. The molecule has 0 atom stereocenters. The second kappa shape index (κ2) is 5.14. The Balaban J connectivity index is 0.00000132. The van der Waals surface area contributed by atoms with Gasteiger partial charge in [-0.15, -0.1) is 29.7 Å². The number of hydrogen-bond donors (Lipinski definition) is 0. The Hall–Kier alpha value is -1.90. The van der Waals surface area contributed by atoms with Gasteiger partial charge in [-0.2, -0.15) is 0 Å². The second-order valence-electron chi connectivity index (χ2n) is 5.15. The van der Waals surface area contributed by atoms with Gasteiger partial charge in [0.1, 0.15) is 0 Å². The summed E-state index contributed by atoms with van der Waals surface area (Å²) in [6.07, 6.45) is 3.87. The molecule has 0 aliphatic heterocycles. The molecule has 0 aliphatic carbocycles. The molecule has 4 aromatic rings. The van der Waals surface area contributed by atoms with E-state index in [4.69, 9.17) is 0 Å². The average Bonchev–Trinajstić information content (AvgIpc) is 2.96. The molecule has 21 heavy (non-hydrogen) atoms. The molecule has 0 saturated carbocycles. The minimum absolute atomic E-state index is 0. The summed E-state index contributed by atoms with van der Waals surface area (Å²) in [4.78, 5) is 6.65. The van der Waals surface area contributed by atoms with Gasteiger partial charge < -0.3 is 9.30 Å². The van der Waals surface area contributed by atoms with Gasteiger partial charge in [-0.25, -0.2) is 0 Å². The molecule has 4 heteroatoms. The minimum atomic E-state index is 0. The molecule has 0 unspecified atom stereocenters. The van der Waals surface area contributed by atoms with E-state index < -0.39 is 0 Å². The van der Waals surface area contributed by atoms with Crippen LogP contribution < -0.4 is 4.90 Å². The largest absolute Gasteiger partial charge is 0.376 e. The van der Waals surface area contributed by atoms with Crippen LogP contribution in [-0.2, 0) is 20.1 Å². The van der Waals surface area contributed by atoms with Crippen LogP contribution in [0.2, 0.25) is 0 Å². The van der Waals surface area contributed by atoms with Crippen molar-refractivity contribution in [3.05, 3.63) is 54.9 Å². The van der Waals surface area contributed by atoms with Crippen molar-refractivity contribution < 1.29 is 20.1 Å². The minimum Gasteiger partial charge on any atom is -0.376 e. The maximum atomic E-state index is 4.51. The zero-order valence-corrected chi connectivity index (χ0v) is 14.2. The van der Waals surface area contributed by atoms with E-state index in [0.29, 0.717) is 0 Å². The van der Waals surface area contributed by atoms with Crippen LogP contribution in [0.15, 0.2) is 48.8 Å². The number of rotatable bonds is 1. The quantitative estimate of drug-likeness (QED) is 0.326. The maximum absolute atomic E-state index is 4.51. The molecule has 0 amide bonds. The van der Waals surface area contributed by atoms with Crippen molar-refractivity contribution in [2.24, 2.45) is 0 Å². The van der Waals surface area contributed by atoms with Gasteiger partial charge in [-0.05, 0) is 11.5 Å². The van der Waals surface area contributed by atoms with E-state index in [0.717, 1.165) is 11.0 Å². The van der Waals surface area contributed by atoms with Crippen LogP contribution in [0, 0.1) is 6.07 Å². The summed E-state index contributed by atoms with van der Waals surface area (Å²) in [6.45, 7) is 0. The SMILES string of the molecule is CN(C)c1cccc2c3ccc[c-]c3c3nccn3c12.[Ir]. The molecule has 2 aromatic carbocycles. The van der Waals surface area contributed by atoms with E-state index in [-0.39, 0.29) is 20.1 Å². The van der Waals surface area contributed by atoms with Crippen LogP contribution in [0.4, 0.5) is 5.69 Å². The smallest absolute Gasteiger partial charge is 0.0609 e. The molecule has 2 aromatic heterocycles. The van der Waals surface area contributed by atoms with Gasteiger partial charge in [0.05, 0.1) is 16.9 Å². The van der Waals surface area contributed by atoms with Crippen molar-refractivity contribution >= 4 is 33.0 Å². The van der Waals surface area contributed by atoms with E-state index in [1.54, 1.807) is 0 Å². The molecule has 4 rings (SSSR count). The summed E-state index contributed by atoms with van der Waals surface area (Å²) < 4.78 is 2.16. The van der Waals surface area contributed by atoms with Crippen LogP contribution in [0.3, 0.4) is 0 Å². The van der Waals surface area contributed by atoms with Gasteiger partial charge in [-0.3, -0.25) is 4.98 Å². The molecule has 3 nitrogen and oxygen atoms in total. The third-order valence-corrected chi connectivity index (χ3v) is 3.75. The number of anilines is 1. The molecule has 0 saturated heterocycles. The van der Waals surface area contributed by atoms with E-state index in [1.165, 1.54) is 22.0 Å². The Kier molecular flexibility index (Phi) is 3.44. The van der Waals surface area contributed by atoms with Gasteiger partial charge in [0.15, 0.2) is 0 Å². The number of hydrogen-bond acceptors (Lipinski definition) is 2. The van der Waals surface area contributed by atoms with E-state index >= 15 is 0 Å². The normalized spacial score (nSPS) is 11.0. The van der Waals surface area contributed by atoms with Gasteiger partial charge in [-0.1, -0.05) is 17.5 Å². The monoisotopic (exact) mass is 453 g/mol. The van der Waals surface area contributed by atoms with Crippen molar-refractivity contribution in [1.82, 2.24) is 9.38 Å². The van der Waals surface area contributed by atoms with Crippen molar-refractivity contribution in [1.29, 1.82) is 0 Å². The Morgan fingerprint density at radius 2 is 1.90 bits per heavy atom. The van der Waals surface area contributed by atoms with Crippen LogP contribution in [0.5, 0.6) is 0 Å². The van der Waals surface area contributed by atoms with E-state index in [2.05, 4.69) is 58.7 Å². The molecule has 0 spiro atoms. The van der Waals surface area contributed by atoms with Crippen molar-refractivity contribution in [3.8, 4) is 0 Å². The van der Waals surface area contributed by atoms with Crippen molar-refractivity contribution in [2.45, 2.75) is 0 Å². The number of pyridine rings is 1. The second-order valence-corrected chi connectivity index (χ2v) is 5.15. The summed E-state index contributed by atoms with van der Waals surface area (Å²) in [5, 5.41) is 3.50. The van der Waals surface area contributed by atoms with Crippen molar-refractivity contribution in [2.75, 3.05) is 19.0 Å². The molecular weight excluding hydrogens is 438 g/mol. The predicted molar refractivity (Wildman–Crippen MR) is 83.4 cm³/mol. The van der Waals surface area contributed by atoms with Gasteiger partial charge in [0, 0.05) is 46.6 Å². The maximum Gasteiger partial charge on any atom is 0.0609 e. The predicted octanol–water partition coefficient (Wildman–Crippen LogP) is 3.50. The number of para-hydroxylation sites is 1. The zero-order chi connectivity index (χ0) is 13.7. The molecular formula is C17H14IrN3-. The first-order valence-corrected chi connectivity index (χ1v) is 6.63. The number of imidazole rings is 1. The Bertz CT molecular complexity index is 941. The molecule has 0 fully saturated rings. The number of benzene rings is 2. The molecule has 1 radical (unpaired) electrons. The van der Waals surface area contributed by atoms with Crippen LogP contribution in [0.25, 0.3) is 27.3 Å². The van der Waals surface area contributed by atoms with Crippen LogP contribution in [0.1, 0.15) is 0 Å². The summed E-state index contributed by atoms with van der Waals surface area (Å²) in [7, 11) is 4.14. The summed E-state index contributed by atoms with van der Waals surface area (Å²) in [5.74, 6) is 0. The number of nitrogens with zero attached hydrogens (tertiary/aromatic N) is 3. The van der Waals surface area contributed by atoms with Crippen LogP contribution >= 0.6 is 0 Å². The zero-order valence-electron chi connectivity index (χ0n) is 11.8. The average molecular weight is 453 g/mol. The third-order valence-electron chi connectivity index (χ3n) is 3.75. The van der Waals surface area contributed by atoms with Crippen LogP contribution in [-0.4, -0.2) is 23.5 Å². The summed E-state index contributed by atoms with van der Waals surface area (Å²) in [6, 6.07) is 15.8. The fraction of sp³-hybridized carbons (Fsp3) is 0.118. The topological polar surface area (TPSA) is 20.5 Å². The van der Waals surface area contributed by atoms with E-state index in [1.807, 2.05) is 24.5 Å².